The Labute approximate surface area is 168 Å². The Kier molecular flexibility index (Phi) is 4.13. The van der Waals surface area contributed by atoms with Crippen LogP contribution in [-0.4, -0.2) is 12.6 Å². The van der Waals surface area contributed by atoms with Crippen LogP contribution in [0.2, 0.25) is 5.02 Å². The van der Waals surface area contributed by atoms with Gasteiger partial charge in [0.15, 0.2) is 11.5 Å². The number of fused-ring (bicyclic) bond motifs is 1. The van der Waals surface area contributed by atoms with E-state index in [4.69, 9.17) is 21.1 Å². The molecule has 0 spiro atoms. The third kappa shape index (κ3) is 3.06. The lowest BCUT2D eigenvalue weighted by atomic mass is 9.87. The highest BCUT2D eigenvalue weighted by Gasteiger charge is 2.50. The fourth-order valence-electron chi connectivity index (χ4n) is 3.93. The lowest BCUT2D eigenvalue weighted by Crippen LogP contribution is -2.22. The highest BCUT2D eigenvalue weighted by Crippen LogP contribution is 2.51. The first-order chi connectivity index (χ1) is 13.6. The summed E-state index contributed by atoms with van der Waals surface area (Å²) in [6.07, 6.45) is 2.20. The molecule has 0 N–H and O–H groups in total. The third-order valence-electron chi connectivity index (χ3n) is 5.66. The summed E-state index contributed by atoms with van der Waals surface area (Å²) in [5, 5.41) is 0.707. The molecular weight excluding hydrogens is 372 g/mol. The van der Waals surface area contributed by atoms with Gasteiger partial charge in [0.1, 0.15) is 5.78 Å². The predicted molar refractivity (Wildman–Crippen MR) is 109 cm³/mol. The quantitative estimate of drug-likeness (QED) is 0.570. The molecule has 140 valence electrons. The molecule has 0 saturated heterocycles. The topological polar surface area (TPSA) is 35.5 Å². The normalized spacial score (nSPS) is 16.0. The van der Waals surface area contributed by atoms with E-state index in [9.17, 15) is 4.79 Å². The van der Waals surface area contributed by atoms with Gasteiger partial charge in [-0.3, -0.25) is 4.79 Å². The van der Waals surface area contributed by atoms with Crippen LogP contribution in [0.1, 0.15) is 24.0 Å². The Morgan fingerprint density at radius 3 is 2.43 bits per heavy atom. The van der Waals surface area contributed by atoms with Gasteiger partial charge >= 0.3 is 0 Å². The Bertz CT molecular complexity index is 1070. The summed E-state index contributed by atoms with van der Waals surface area (Å²) < 4.78 is 10.9. The van der Waals surface area contributed by atoms with Crippen LogP contribution in [0.5, 0.6) is 11.5 Å². The first kappa shape index (κ1) is 17.3. The van der Waals surface area contributed by atoms with Gasteiger partial charge < -0.3 is 9.47 Å². The molecule has 28 heavy (non-hydrogen) atoms. The van der Waals surface area contributed by atoms with Crippen molar-refractivity contribution in [2.75, 3.05) is 6.79 Å². The highest BCUT2D eigenvalue weighted by atomic mass is 35.5. The number of Topliss-reactive ketones (excluding diaryl/α,β-unsaturated/α-hetero) is 1. The molecule has 1 aliphatic heterocycles. The number of hydrogen-bond donors (Lipinski definition) is 0. The van der Waals surface area contributed by atoms with Gasteiger partial charge in [-0.15, -0.1) is 0 Å². The molecule has 0 radical (unpaired) electrons. The zero-order chi connectivity index (χ0) is 19.1. The number of hydrogen-bond acceptors (Lipinski definition) is 3. The largest absolute Gasteiger partial charge is 0.454 e. The fourth-order valence-corrected chi connectivity index (χ4v) is 4.12. The first-order valence-electron chi connectivity index (χ1n) is 9.42. The molecule has 3 nitrogen and oxygen atoms in total. The molecule has 0 atom stereocenters. The van der Waals surface area contributed by atoms with Crippen LogP contribution in [0, 0.1) is 0 Å². The average Bonchev–Trinajstić information content (AvgIpc) is 3.39. The van der Waals surface area contributed by atoms with Crippen LogP contribution in [0.4, 0.5) is 0 Å². The van der Waals surface area contributed by atoms with Gasteiger partial charge in [0.25, 0.3) is 0 Å². The Hall–Kier alpha value is -2.78. The molecule has 1 saturated carbocycles. The fraction of sp³-hybridized carbons (Fsp3) is 0.208. The minimum absolute atomic E-state index is 0.246. The summed E-state index contributed by atoms with van der Waals surface area (Å²) in [4.78, 5) is 13.2. The van der Waals surface area contributed by atoms with Crippen molar-refractivity contribution in [2.24, 2.45) is 0 Å². The number of carbonyl (C=O) groups excluding carboxylic acids is 1. The van der Waals surface area contributed by atoms with E-state index < -0.39 is 0 Å². The molecule has 0 unspecified atom stereocenters. The van der Waals surface area contributed by atoms with Crippen molar-refractivity contribution in [1.29, 1.82) is 0 Å². The molecule has 1 aliphatic carbocycles. The van der Waals surface area contributed by atoms with E-state index in [-0.39, 0.29) is 18.0 Å². The van der Waals surface area contributed by atoms with Gasteiger partial charge in [-0.1, -0.05) is 54.1 Å². The SMILES string of the molecule is O=C(Cc1cccc(-c2cccc(Cl)c2)c1)C1(c2ccc3c(c2)OCO3)CC1. The van der Waals surface area contributed by atoms with Crippen LogP contribution in [0.15, 0.2) is 66.7 Å². The van der Waals surface area contributed by atoms with E-state index in [2.05, 4.69) is 6.07 Å². The van der Waals surface area contributed by atoms with Gasteiger partial charge in [-0.25, -0.2) is 0 Å². The number of carbonyl (C=O) groups is 1. The van der Waals surface area contributed by atoms with Gasteiger partial charge in [-0.2, -0.15) is 0 Å². The molecular formula is C24H19ClO3. The van der Waals surface area contributed by atoms with Crippen molar-refractivity contribution in [1.82, 2.24) is 0 Å². The number of halogens is 1. The zero-order valence-electron chi connectivity index (χ0n) is 15.3. The van der Waals surface area contributed by atoms with Gasteiger partial charge in [0, 0.05) is 11.4 Å². The molecule has 0 bridgehead atoms. The summed E-state index contributed by atoms with van der Waals surface area (Å²) in [5.74, 6) is 1.75. The number of benzene rings is 3. The second-order valence-corrected chi connectivity index (χ2v) is 7.90. The van der Waals surface area contributed by atoms with Gasteiger partial charge in [-0.05, 0) is 59.4 Å². The van der Waals surface area contributed by atoms with E-state index in [1.54, 1.807) is 0 Å². The summed E-state index contributed by atoms with van der Waals surface area (Å²) >= 11 is 6.12. The number of ether oxygens (including phenoxy) is 2. The van der Waals surface area contributed by atoms with Crippen molar-refractivity contribution in [3.05, 3.63) is 82.9 Å². The first-order valence-corrected chi connectivity index (χ1v) is 9.80. The van der Waals surface area contributed by atoms with Crippen molar-refractivity contribution >= 4 is 17.4 Å². The Morgan fingerprint density at radius 2 is 1.64 bits per heavy atom. The maximum Gasteiger partial charge on any atom is 0.231 e. The molecule has 3 aromatic carbocycles. The molecule has 0 amide bonds. The minimum Gasteiger partial charge on any atom is -0.454 e. The summed E-state index contributed by atoms with van der Waals surface area (Å²) in [5.41, 5.74) is 3.80. The predicted octanol–water partition coefficient (Wildman–Crippen LogP) is 5.58. The van der Waals surface area contributed by atoms with Crippen LogP contribution in [-0.2, 0) is 16.6 Å². The van der Waals surface area contributed by atoms with E-state index in [1.807, 2.05) is 60.7 Å². The maximum atomic E-state index is 13.2. The van der Waals surface area contributed by atoms with Crippen molar-refractivity contribution in [2.45, 2.75) is 24.7 Å². The molecule has 1 fully saturated rings. The minimum atomic E-state index is -0.382. The molecule has 4 heteroatoms. The molecule has 0 aromatic heterocycles. The molecule has 5 rings (SSSR count). The second-order valence-electron chi connectivity index (χ2n) is 7.46. The zero-order valence-corrected chi connectivity index (χ0v) is 16.0. The van der Waals surface area contributed by atoms with Gasteiger partial charge in [0.05, 0.1) is 5.41 Å². The van der Waals surface area contributed by atoms with Crippen molar-refractivity contribution in [3.8, 4) is 22.6 Å². The monoisotopic (exact) mass is 390 g/mol. The van der Waals surface area contributed by atoms with Crippen LogP contribution in [0.3, 0.4) is 0 Å². The lowest BCUT2D eigenvalue weighted by molar-refractivity contribution is -0.120. The second kappa shape index (κ2) is 6.68. The lowest BCUT2D eigenvalue weighted by Gasteiger charge is -2.15. The summed E-state index contributed by atoms with van der Waals surface area (Å²) in [6.45, 7) is 0.246. The van der Waals surface area contributed by atoms with E-state index in [0.717, 1.165) is 46.6 Å². The standard InChI is InChI=1S/C24H19ClO3/c25-20-6-2-5-18(13-20)17-4-1-3-16(11-17)12-23(26)24(9-10-24)19-7-8-21-22(14-19)28-15-27-21/h1-8,11,13-14H,9-10,12,15H2. The number of ketones is 1. The summed E-state index contributed by atoms with van der Waals surface area (Å²) in [6, 6.07) is 21.8. The maximum absolute atomic E-state index is 13.2. The highest BCUT2D eigenvalue weighted by molar-refractivity contribution is 6.30. The average molecular weight is 391 g/mol. The van der Waals surface area contributed by atoms with Crippen molar-refractivity contribution in [3.63, 3.8) is 0 Å². The Balaban J connectivity index is 1.39. The van der Waals surface area contributed by atoms with Crippen LogP contribution < -0.4 is 9.47 Å². The van der Waals surface area contributed by atoms with Gasteiger partial charge in [0.2, 0.25) is 6.79 Å². The molecule has 2 aliphatic rings. The van der Waals surface area contributed by atoms with E-state index in [0.29, 0.717) is 11.4 Å². The molecule has 1 heterocycles. The van der Waals surface area contributed by atoms with Crippen LogP contribution >= 0.6 is 11.6 Å². The molecule has 3 aromatic rings. The number of rotatable bonds is 5. The summed E-state index contributed by atoms with van der Waals surface area (Å²) in [7, 11) is 0. The van der Waals surface area contributed by atoms with Crippen LogP contribution in [0.25, 0.3) is 11.1 Å². The Morgan fingerprint density at radius 1 is 0.893 bits per heavy atom. The van der Waals surface area contributed by atoms with E-state index in [1.165, 1.54) is 0 Å². The smallest absolute Gasteiger partial charge is 0.231 e. The van der Waals surface area contributed by atoms with E-state index >= 15 is 0 Å². The third-order valence-corrected chi connectivity index (χ3v) is 5.89. The van der Waals surface area contributed by atoms with Crippen molar-refractivity contribution < 1.29 is 14.3 Å².